The Labute approximate surface area is 154 Å². The van der Waals surface area contributed by atoms with Crippen LogP contribution in [0.1, 0.15) is 23.1 Å². The molecule has 2 aromatic rings. The van der Waals surface area contributed by atoms with Gasteiger partial charge in [-0.2, -0.15) is 0 Å². The van der Waals surface area contributed by atoms with Crippen LogP contribution < -0.4 is 15.4 Å². The number of aryl methyl sites for hydroxylation is 1. The van der Waals surface area contributed by atoms with Crippen LogP contribution in [0.15, 0.2) is 36.4 Å². The van der Waals surface area contributed by atoms with Crippen LogP contribution in [0.25, 0.3) is 0 Å². The summed E-state index contributed by atoms with van der Waals surface area (Å²) in [6.45, 7) is 5.13. The van der Waals surface area contributed by atoms with Crippen molar-refractivity contribution < 1.29 is 4.74 Å². The van der Waals surface area contributed by atoms with Crippen molar-refractivity contribution in [1.82, 2.24) is 10.6 Å². The Morgan fingerprint density at radius 3 is 2.50 bits per heavy atom. The summed E-state index contributed by atoms with van der Waals surface area (Å²) >= 11 is 12.5. The third-order valence-electron chi connectivity index (χ3n) is 3.68. The van der Waals surface area contributed by atoms with Crippen molar-refractivity contribution in [3.63, 3.8) is 0 Å². The Morgan fingerprint density at radius 1 is 1.04 bits per heavy atom. The summed E-state index contributed by atoms with van der Waals surface area (Å²) in [6.07, 6.45) is 1.06. The van der Waals surface area contributed by atoms with Crippen molar-refractivity contribution in [3.8, 4) is 5.75 Å². The zero-order valence-electron chi connectivity index (χ0n) is 14.2. The van der Waals surface area contributed by atoms with Gasteiger partial charge in [0.1, 0.15) is 12.4 Å². The lowest BCUT2D eigenvalue weighted by atomic mass is 10.1. The maximum absolute atomic E-state index is 6.34. The van der Waals surface area contributed by atoms with Crippen molar-refractivity contribution in [1.29, 1.82) is 0 Å². The van der Waals surface area contributed by atoms with Gasteiger partial charge in [0, 0.05) is 17.1 Å². The van der Waals surface area contributed by atoms with Crippen molar-refractivity contribution in [3.05, 3.63) is 63.1 Å². The fourth-order valence-electron chi connectivity index (χ4n) is 2.36. The van der Waals surface area contributed by atoms with E-state index in [0.29, 0.717) is 28.9 Å². The second kappa shape index (κ2) is 9.90. The highest BCUT2D eigenvalue weighted by Gasteiger charge is 2.11. The molecule has 0 atom stereocenters. The van der Waals surface area contributed by atoms with Crippen LogP contribution in [0.4, 0.5) is 0 Å². The van der Waals surface area contributed by atoms with E-state index in [0.717, 1.165) is 30.6 Å². The molecule has 2 aromatic carbocycles. The second-order valence-corrected chi connectivity index (χ2v) is 6.63. The summed E-state index contributed by atoms with van der Waals surface area (Å²) in [4.78, 5) is 0. The molecule has 0 saturated heterocycles. The summed E-state index contributed by atoms with van der Waals surface area (Å²) in [6, 6.07) is 11.9. The molecule has 0 aliphatic heterocycles. The first kappa shape index (κ1) is 19.1. The Morgan fingerprint density at radius 2 is 1.79 bits per heavy atom. The lowest BCUT2D eigenvalue weighted by Gasteiger charge is -2.15. The van der Waals surface area contributed by atoms with Crippen LogP contribution >= 0.6 is 23.2 Å². The summed E-state index contributed by atoms with van der Waals surface area (Å²) in [5, 5.41) is 7.69. The Hall–Kier alpha value is -1.26. The zero-order chi connectivity index (χ0) is 17.4. The van der Waals surface area contributed by atoms with E-state index in [1.807, 2.05) is 13.1 Å². The molecule has 0 heterocycles. The molecule has 3 nitrogen and oxygen atoms in total. The summed E-state index contributed by atoms with van der Waals surface area (Å²) < 4.78 is 5.98. The SMILES string of the molecule is CNCCCNCc1cc(Cl)cc(Cl)c1OCc1ccc(C)cc1. The summed E-state index contributed by atoms with van der Waals surface area (Å²) in [7, 11) is 1.95. The van der Waals surface area contributed by atoms with Crippen molar-refractivity contribution in [2.24, 2.45) is 0 Å². The monoisotopic (exact) mass is 366 g/mol. The molecule has 2 rings (SSSR count). The summed E-state index contributed by atoms with van der Waals surface area (Å²) in [5.74, 6) is 0.697. The van der Waals surface area contributed by atoms with Crippen molar-refractivity contribution in [2.75, 3.05) is 20.1 Å². The predicted octanol–water partition coefficient (Wildman–Crippen LogP) is 4.58. The van der Waals surface area contributed by atoms with Crippen LogP contribution in [-0.2, 0) is 13.2 Å². The van der Waals surface area contributed by atoms with Crippen LogP contribution in [0.5, 0.6) is 5.75 Å². The molecule has 0 fully saturated rings. The number of ether oxygens (including phenoxy) is 1. The first-order chi connectivity index (χ1) is 11.6. The molecule has 130 valence electrons. The Bertz CT molecular complexity index is 645. The molecule has 5 heteroatoms. The number of rotatable bonds is 9. The zero-order valence-corrected chi connectivity index (χ0v) is 15.7. The topological polar surface area (TPSA) is 33.3 Å². The number of halogens is 2. The van der Waals surface area contributed by atoms with Gasteiger partial charge in [0.05, 0.1) is 5.02 Å². The molecular weight excluding hydrogens is 343 g/mol. The Kier molecular flexibility index (Phi) is 7.86. The van der Waals surface area contributed by atoms with Gasteiger partial charge in [0.15, 0.2) is 0 Å². The fourth-order valence-corrected chi connectivity index (χ4v) is 2.95. The molecule has 0 amide bonds. The number of hydrogen-bond donors (Lipinski definition) is 2. The van der Waals surface area contributed by atoms with Gasteiger partial charge in [0.25, 0.3) is 0 Å². The predicted molar refractivity (Wildman–Crippen MR) is 102 cm³/mol. The molecule has 24 heavy (non-hydrogen) atoms. The van der Waals surface area contributed by atoms with Crippen LogP contribution in [0.3, 0.4) is 0 Å². The van der Waals surface area contributed by atoms with Gasteiger partial charge in [-0.05, 0) is 51.2 Å². The van der Waals surface area contributed by atoms with E-state index in [1.165, 1.54) is 5.56 Å². The maximum atomic E-state index is 6.34. The number of hydrogen-bond acceptors (Lipinski definition) is 3. The Balaban J connectivity index is 2.02. The minimum Gasteiger partial charge on any atom is -0.487 e. The minimum atomic E-state index is 0.481. The molecule has 0 aromatic heterocycles. The van der Waals surface area contributed by atoms with Crippen LogP contribution in [0, 0.1) is 6.92 Å². The van der Waals surface area contributed by atoms with Gasteiger partial charge in [-0.1, -0.05) is 53.0 Å². The van der Waals surface area contributed by atoms with E-state index in [4.69, 9.17) is 27.9 Å². The van der Waals surface area contributed by atoms with Gasteiger partial charge in [-0.15, -0.1) is 0 Å². The van der Waals surface area contributed by atoms with E-state index in [9.17, 15) is 0 Å². The molecular formula is C19H24Cl2N2O. The van der Waals surface area contributed by atoms with Gasteiger partial charge in [-0.25, -0.2) is 0 Å². The molecule has 0 saturated carbocycles. The average Bonchev–Trinajstić information content (AvgIpc) is 2.55. The molecule has 0 bridgehead atoms. The second-order valence-electron chi connectivity index (χ2n) is 5.78. The molecule has 0 unspecified atom stereocenters. The minimum absolute atomic E-state index is 0.481. The molecule has 0 spiro atoms. The third kappa shape index (κ3) is 5.99. The highest BCUT2D eigenvalue weighted by molar-refractivity contribution is 6.35. The third-order valence-corrected chi connectivity index (χ3v) is 4.18. The van der Waals surface area contributed by atoms with Crippen molar-refractivity contribution in [2.45, 2.75) is 26.5 Å². The highest BCUT2D eigenvalue weighted by Crippen LogP contribution is 2.33. The lowest BCUT2D eigenvalue weighted by Crippen LogP contribution is -2.19. The van der Waals surface area contributed by atoms with Gasteiger partial charge >= 0.3 is 0 Å². The van der Waals surface area contributed by atoms with E-state index in [1.54, 1.807) is 6.07 Å². The number of benzene rings is 2. The van der Waals surface area contributed by atoms with Crippen molar-refractivity contribution >= 4 is 23.2 Å². The smallest absolute Gasteiger partial charge is 0.142 e. The van der Waals surface area contributed by atoms with E-state index < -0.39 is 0 Å². The van der Waals surface area contributed by atoms with E-state index in [-0.39, 0.29) is 0 Å². The van der Waals surface area contributed by atoms with Gasteiger partial charge in [0.2, 0.25) is 0 Å². The highest BCUT2D eigenvalue weighted by atomic mass is 35.5. The van der Waals surface area contributed by atoms with Gasteiger partial charge < -0.3 is 15.4 Å². The van der Waals surface area contributed by atoms with E-state index >= 15 is 0 Å². The normalized spacial score (nSPS) is 10.8. The van der Waals surface area contributed by atoms with Crippen LogP contribution in [-0.4, -0.2) is 20.1 Å². The number of nitrogens with one attached hydrogen (secondary N) is 2. The molecule has 0 aliphatic rings. The molecule has 0 radical (unpaired) electrons. The standard InChI is InChI=1S/C19H24Cl2N2O/c1-14-4-6-15(7-5-14)13-24-19-16(10-17(20)11-18(19)21)12-23-9-3-8-22-2/h4-7,10-11,22-23H,3,8-9,12-13H2,1-2H3. The van der Waals surface area contributed by atoms with Gasteiger partial charge in [-0.3, -0.25) is 0 Å². The lowest BCUT2D eigenvalue weighted by molar-refractivity contribution is 0.302. The quantitative estimate of drug-likeness (QED) is 0.637. The fraction of sp³-hybridized carbons (Fsp3) is 0.368. The molecule has 0 aliphatic carbocycles. The van der Waals surface area contributed by atoms with E-state index in [2.05, 4.69) is 41.8 Å². The average molecular weight is 367 g/mol. The largest absolute Gasteiger partial charge is 0.487 e. The molecule has 2 N–H and O–H groups in total. The summed E-state index contributed by atoms with van der Waals surface area (Å²) in [5.41, 5.74) is 3.32. The van der Waals surface area contributed by atoms with Crippen LogP contribution in [0.2, 0.25) is 10.0 Å². The maximum Gasteiger partial charge on any atom is 0.142 e. The first-order valence-electron chi connectivity index (χ1n) is 8.11. The first-order valence-corrected chi connectivity index (χ1v) is 8.87.